The first-order valence-electron chi connectivity index (χ1n) is 10.1. The van der Waals surface area contributed by atoms with Crippen LogP contribution in [0.3, 0.4) is 0 Å². The zero-order valence-corrected chi connectivity index (χ0v) is 15.9. The van der Waals surface area contributed by atoms with E-state index in [0.29, 0.717) is 11.7 Å². The van der Waals surface area contributed by atoms with E-state index >= 15 is 0 Å². The Morgan fingerprint density at radius 2 is 1.77 bits per heavy atom. The van der Waals surface area contributed by atoms with E-state index < -0.39 is 0 Å². The van der Waals surface area contributed by atoms with Gasteiger partial charge in [-0.2, -0.15) is 4.98 Å². The van der Waals surface area contributed by atoms with Gasteiger partial charge in [-0.25, -0.2) is 0 Å². The van der Waals surface area contributed by atoms with E-state index in [-0.39, 0.29) is 0 Å². The van der Waals surface area contributed by atoms with Gasteiger partial charge in [0.15, 0.2) is 0 Å². The van der Waals surface area contributed by atoms with Crippen molar-refractivity contribution in [3.8, 4) is 17.1 Å². The number of aromatic nitrogens is 2. The topological polar surface area (TPSA) is 60.2 Å². The Hall–Kier alpha value is -1.88. The van der Waals surface area contributed by atoms with Gasteiger partial charge in [0.1, 0.15) is 5.75 Å². The molecule has 1 aromatic carbocycles. The lowest BCUT2D eigenvalue weighted by Crippen LogP contribution is -2.43. The van der Waals surface area contributed by atoms with E-state index in [9.17, 15) is 0 Å². The molecular formula is C21H31N3O2. The summed E-state index contributed by atoms with van der Waals surface area (Å²) < 4.78 is 11.2. The summed E-state index contributed by atoms with van der Waals surface area (Å²) in [4.78, 5) is 4.50. The van der Waals surface area contributed by atoms with Crippen LogP contribution in [0.25, 0.3) is 11.4 Å². The smallest absolute Gasteiger partial charge is 0.227 e. The molecule has 1 aliphatic rings. The van der Waals surface area contributed by atoms with Crippen LogP contribution < -0.4 is 10.1 Å². The minimum Gasteiger partial charge on any atom is -0.494 e. The van der Waals surface area contributed by atoms with E-state index in [1.165, 1.54) is 38.5 Å². The highest BCUT2D eigenvalue weighted by Crippen LogP contribution is 2.21. The van der Waals surface area contributed by atoms with Crippen molar-refractivity contribution >= 4 is 0 Å². The predicted octanol–water partition coefficient (Wildman–Crippen LogP) is 4.63. The Bertz CT molecular complexity index is 635. The maximum Gasteiger partial charge on any atom is 0.227 e. The molecule has 0 spiro atoms. The van der Waals surface area contributed by atoms with Gasteiger partial charge in [0.05, 0.1) is 6.61 Å². The van der Waals surface area contributed by atoms with Gasteiger partial charge in [0.25, 0.3) is 0 Å². The van der Waals surface area contributed by atoms with Crippen LogP contribution in [-0.4, -0.2) is 29.8 Å². The van der Waals surface area contributed by atoms with E-state index in [4.69, 9.17) is 9.26 Å². The molecular weight excluding hydrogens is 326 g/mol. The highest BCUT2D eigenvalue weighted by atomic mass is 16.5. The van der Waals surface area contributed by atoms with Crippen LogP contribution in [0.4, 0.5) is 0 Å². The van der Waals surface area contributed by atoms with Crippen molar-refractivity contribution in [3.63, 3.8) is 0 Å². The summed E-state index contributed by atoms with van der Waals surface area (Å²) in [5.41, 5.74) is 0.968. The molecule has 0 atom stereocenters. The van der Waals surface area contributed by atoms with Crippen molar-refractivity contribution in [1.82, 2.24) is 15.5 Å². The summed E-state index contributed by atoms with van der Waals surface area (Å²) in [6, 6.07) is 7.98. The molecule has 1 aromatic heterocycles. The van der Waals surface area contributed by atoms with Crippen LogP contribution in [0.1, 0.15) is 57.8 Å². The first kappa shape index (κ1) is 18.9. The third-order valence-electron chi connectivity index (χ3n) is 4.93. The van der Waals surface area contributed by atoms with Crippen molar-refractivity contribution in [1.29, 1.82) is 0 Å². The van der Waals surface area contributed by atoms with E-state index in [0.717, 1.165) is 49.7 Å². The van der Waals surface area contributed by atoms with Crippen LogP contribution in [0, 0.1) is 5.92 Å². The van der Waals surface area contributed by atoms with Crippen LogP contribution in [0.2, 0.25) is 0 Å². The minimum absolute atomic E-state index is 0.630. The zero-order chi connectivity index (χ0) is 18.0. The van der Waals surface area contributed by atoms with Gasteiger partial charge in [-0.3, -0.25) is 0 Å². The molecule has 0 amide bonds. The molecule has 0 aliphatic carbocycles. The van der Waals surface area contributed by atoms with Gasteiger partial charge in [0, 0.05) is 12.0 Å². The van der Waals surface area contributed by atoms with Crippen molar-refractivity contribution in [2.24, 2.45) is 5.92 Å². The van der Waals surface area contributed by atoms with Gasteiger partial charge < -0.3 is 14.6 Å². The monoisotopic (exact) mass is 357 g/mol. The van der Waals surface area contributed by atoms with Crippen LogP contribution >= 0.6 is 0 Å². The Morgan fingerprint density at radius 1 is 1.04 bits per heavy atom. The number of unbranched alkanes of at least 4 members (excludes halogenated alkanes) is 6. The second-order valence-electron chi connectivity index (χ2n) is 7.23. The van der Waals surface area contributed by atoms with E-state index in [2.05, 4.69) is 22.4 Å². The van der Waals surface area contributed by atoms with Gasteiger partial charge >= 0.3 is 0 Å². The van der Waals surface area contributed by atoms with Crippen LogP contribution in [-0.2, 0) is 6.42 Å². The molecule has 1 aliphatic heterocycles. The lowest BCUT2D eigenvalue weighted by Gasteiger charge is -2.25. The summed E-state index contributed by atoms with van der Waals surface area (Å²) >= 11 is 0. The van der Waals surface area contributed by atoms with E-state index in [1.807, 2.05) is 24.3 Å². The number of hydrogen-bond donors (Lipinski definition) is 1. The summed E-state index contributed by atoms with van der Waals surface area (Å²) in [5.74, 6) is 2.92. The molecule has 142 valence electrons. The molecule has 5 nitrogen and oxygen atoms in total. The normalized spacial score (nSPS) is 14.3. The fourth-order valence-electron chi connectivity index (χ4n) is 3.14. The summed E-state index contributed by atoms with van der Waals surface area (Å²) in [6.45, 7) is 5.13. The zero-order valence-electron chi connectivity index (χ0n) is 15.9. The second kappa shape index (κ2) is 10.3. The van der Waals surface area contributed by atoms with Crippen LogP contribution in [0.5, 0.6) is 5.75 Å². The van der Waals surface area contributed by atoms with Gasteiger partial charge in [-0.05, 0) is 49.7 Å². The molecule has 0 saturated carbocycles. The Labute approximate surface area is 156 Å². The molecule has 26 heavy (non-hydrogen) atoms. The van der Waals surface area contributed by atoms with Crippen LogP contribution in [0.15, 0.2) is 28.8 Å². The number of ether oxygens (including phenoxy) is 1. The summed E-state index contributed by atoms with van der Waals surface area (Å²) in [6.07, 6.45) is 9.95. The molecule has 0 bridgehead atoms. The first-order chi connectivity index (χ1) is 12.8. The maximum absolute atomic E-state index is 5.83. The van der Waals surface area contributed by atoms with Crippen molar-refractivity contribution in [3.05, 3.63) is 30.2 Å². The molecule has 1 fully saturated rings. The average molecular weight is 357 g/mol. The highest BCUT2D eigenvalue weighted by Gasteiger charge is 2.20. The second-order valence-corrected chi connectivity index (χ2v) is 7.23. The standard InChI is InChI=1S/C21H31N3O2/c1-2-3-4-5-6-7-8-13-25-19-11-9-18(10-12-19)21-23-20(26-24-21)14-17-15-22-16-17/h9-12,17,22H,2-8,13-16H2,1H3. The molecule has 0 radical (unpaired) electrons. The lowest BCUT2D eigenvalue weighted by molar-refractivity contribution is 0.296. The molecule has 2 aromatic rings. The Kier molecular flexibility index (Phi) is 7.50. The summed E-state index contributed by atoms with van der Waals surface area (Å²) in [5, 5.41) is 7.36. The molecule has 2 heterocycles. The number of rotatable bonds is 12. The van der Waals surface area contributed by atoms with Gasteiger partial charge in [-0.15, -0.1) is 0 Å². The van der Waals surface area contributed by atoms with Crippen molar-refractivity contribution in [2.75, 3.05) is 19.7 Å². The molecule has 1 N–H and O–H groups in total. The van der Waals surface area contributed by atoms with Crippen molar-refractivity contribution in [2.45, 2.75) is 58.3 Å². The fourth-order valence-corrected chi connectivity index (χ4v) is 3.14. The molecule has 1 saturated heterocycles. The number of nitrogens with zero attached hydrogens (tertiary/aromatic N) is 2. The quantitative estimate of drug-likeness (QED) is 0.561. The highest BCUT2D eigenvalue weighted by molar-refractivity contribution is 5.55. The third kappa shape index (κ3) is 5.84. The van der Waals surface area contributed by atoms with E-state index in [1.54, 1.807) is 0 Å². The predicted molar refractivity (Wildman–Crippen MR) is 103 cm³/mol. The third-order valence-corrected chi connectivity index (χ3v) is 4.93. The average Bonchev–Trinajstić information content (AvgIpc) is 3.10. The maximum atomic E-state index is 5.83. The minimum atomic E-state index is 0.630. The molecule has 0 unspecified atom stereocenters. The van der Waals surface area contributed by atoms with Gasteiger partial charge in [0.2, 0.25) is 11.7 Å². The summed E-state index contributed by atoms with van der Waals surface area (Å²) in [7, 11) is 0. The van der Waals surface area contributed by atoms with Gasteiger partial charge in [-0.1, -0.05) is 50.6 Å². The number of hydrogen-bond acceptors (Lipinski definition) is 5. The lowest BCUT2D eigenvalue weighted by atomic mass is 10.00. The number of benzene rings is 1. The number of nitrogens with one attached hydrogen (secondary N) is 1. The van der Waals surface area contributed by atoms with Crippen molar-refractivity contribution < 1.29 is 9.26 Å². The molecule has 5 heteroatoms. The SMILES string of the molecule is CCCCCCCCCOc1ccc(-c2noc(CC3CNC3)n2)cc1. The molecule has 3 rings (SSSR count). The Balaban J connectivity index is 1.36. The largest absolute Gasteiger partial charge is 0.494 e. The first-order valence-corrected chi connectivity index (χ1v) is 10.1. The fraction of sp³-hybridized carbons (Fsp3) is 0.619. The Morgan fingerprint density at radius 3 is 2.46 bits per heavy atom.